The summed E-state index contributed by atoms with van der Waals surface area (Å²) < 4.78 is 9.60. The summed E-state index contributed by atoms with van der Waals surface area (Å²) in [6.07, 6.45) is 0.405. The van der Waals surface area contributed by atoms with Crippen molar-refractivity contribution in [3.8, 4) is 5.75 Å². The van der Waals surface area contributed by atoms with Crippen molar-refractivity contribution in [2.75, 3.05) is 19.0 Å². The molecule has 0 aliphatic heterocycles. The van der Waals surface area contributed by atoms with Crippen LogP contribution in [0.25, 0.3) is 0 Å². The highest BCUT2D eigenvalue weighted by Gasteiger charge is 2.05. The maximum atomic E-state index is 11.5. The molecule has 0 fully saturated rings. The molecule has 1 amide bonds. The fraction of sp³-hybridized carbons (Fsp3) is 0.357. The smallest absolute Gasteiger partial charge is 0.343 e. The number of carboxylic acids is 1. The van der Waals surface area contributed by atoms with E-state index in [-0.39, 0.29) is 25.4 Å². The molecule has 21 heavy (non-hydrogen) atoms. The summed E-state index contributed by atoms with van der Waals surface area (Å²) in [5, 5.41) is 11.1. The van der Waals surface area contributed by atoms with Crippen LogP contribution < -0.4 is 10.1 Å². The fourth-order valence-corrected chi connectivity index (χ4v) is 1.46. The predicted octanol–water partition coefficient (Wildman–Crippen LogP) is 1.43. The fourth-order valence-electron chi connectivity index (χ4n) is 1.46. The Balaban J connectivity index is 2.38. The normalized spacial score (nSPS) is 9.76. The van der Waals surface area contributed by atoms with Crippen molar-refractivity contribution in [1.82, 2.24) is 0 Å². The Bertz CT molecular complexity index is 497. The van der Waals surface area contributed by atoms with Crippen molar-refractivity contribution in [1.29, 1.82) is 0 Å². The minimum absolute atomic E-state index is 0.0340. The zero-order valence-corrected chi connectivity index (χ0v) is 11.6. The second kappa shape index (κ2) is 8.57. The quantitative estimate of drug-likeness (QED) is 0.703. The highest BCUT2D eigenvalue weighted by Crippen LogP contribution is 2.16. The number of aliphatic carboxylic acids is 1. The van der Waals surface area contributed by atoms with Crippen LogP contribution in [0.5, 0.6) is 5.75 Å². The van der Waals surface area contributed by atoms with Crippen molar-refractivity contribution >= 4 is 23.5 Å². The number of methoxy groups -OCH3 is 1. The summed E-state index contributed by atoms with van der Waals surface area (Å²) in [6.45, 7) is -0.183. The molecule has 0 radical (unpaired) electrons. The number of rotatable bonds is 8. The molecule has 7 nitrogen and oxygen atoms in total. The molecule has 0 saturated carbocycles. The van der Waals surface area contributed by atoms with Crippen LogP contribution >= 0.6 is 0 Å². The van der Waals surface area contributed by atoms with E-state index in [9.17, 15) is 14.4 Å². The number of ether oxygens (including phenoxy) is 2. The van der Waals surface area contributed by atoms with Crippen molar-refractivity contribution in [3.63, 3.8) is 0 Å². The Morgan fingerprint density at radius 1 is 1.14 bits per heavy atom. The first kappa shape index (κ1) is 16.5. The zero-order chi connectivity index (χ0) is 15.7. The topological polar surface area (TPSA) is 102 Å². The van der Waals surface area contributed by atoms with Gasteiger partial charge in [-0.05, 0) is 30.7 Å². The van der Waals surface area contributed by atoms with E-state index in [1.54, 1.807) is 24.3 Å². The summed E-state index contributed by atoms with van der Waals surface area (Å²) in [6, 6.07) is 6.47. The third-order valence-corrected chi connectivity index (χ3v) is 2.52. The van der Waals surface area contributed by atoms with Crippen LogP contribution in [0.1, 0.15) is 19.3 Å². The number of hydrogen-bond acceptors (Lipinski definition) is 5. The molecule has 0 aromatic heterocycles. The van der Waals surface area contributed by atoms with E-state index >= 15 is 0 Å². The Morgan fingerprint density at radius 3 is 2.38 bits per heavy atom. The van der Waals surface area contributed by atoms with Gasteiger partial charge in [0.05, 0.1) is 7.11 Å². The molecule has 2 N–H and O–H groups in total. The molecule has 0 saturated heterocycles. The minimum atomic E-state index is -0.921. The van der Waals surface area contributed by atoms with Gasteiger partial charge in [0.25, 0.3) is 0 Å². The number of carbonyl (C=O) groups is 3. The first-order valence-electron chi connectivity index (χ1n) is 6.32. The summed E-state index contributed by atoms with van der Waals surface area (Å²) >= 11 is 0. The molecule has 7 heteroatoms. The first-order chi connectivity index (χ1) is 10.0. The second-order valence-corrected chi connectivity index (χ2v) is 4.18. The Kier molecular flexibility index (Phi) is 6.73. The van der Waals surface area contributed by atoms with Gasteiger partial charge in [0.1, 0.15) is 5.75 Å². The van der Waals surface area contributed by atoms with E-state index in [1.165, 1.54) is 7.11 Å². The lowest BCUT2D eigenvalue weighted by molar-refractivity contribution is -0.143. The number of hydrogen-bond donors (Lipinski definition) is 2. The summed E-state index contributed by atoms with van der Waals surface area (Å²) in [5.41, 5.74) is 0.570. The summed E-state index contributed by atoms with van der Waals surface area (Å²) in [5.74, 6) is -1.18. The number of amides is 1. The standard InChI is InChI=1S/C14H17NO6/c1-20-14(19)9-21-11-7-5-10(6-8-11)15-12(16)3-2-4-13(17)18/h5-8H,2-4,9H2,1H3,(H,15,16)(H,17,18). The van der Waals surface area contributed by atoms with Crippen LogP contribution in [-0.4, -0.2) is 36.7 Å². The number of carbonyl (C=O) groups excluding carboxylic acids is 2. The van der Waals surface area contributed by atoms with Crippen molar-refractivity contribution in [2.24, 2.45) is 0 Å². The molecule has 1 rings (SSSR count). The van der Waals surface area contributed by atoms with E-state index in [1.807, 2.05) is 0 Å². The van der Waals surface area contributed by atoms with Crippen molar-refractivity contribution in [3.05, 3.63) is 24.3 Å². The van der Waals surface area contributed by atoms with Crippen molar-refractivity contribution < 1.29 is 29.0 Å². The lowest BCUT2D eigenvalue weighted by atomic mass is 10.2. The van der Waals surface area contributed by atoms with E-state index in [4.69, 9.17) is 9.84 Å². The van der Waals surface area contributed by atoms with Gasteiger partial charge in [-0.3, -0.25) is 9.59 Å². The van der Waals surface area contributed by atoms with Gasteiger partial charge in [-0.25, -0.2) is 4.79 Å². The van der Waals surface area contributed by atoms with E-state index < -0.39 is 11.9 Å². The van der Waals surface area contributed by atoms with E-state index in [0.717, 1.165) is 0 Å². The number of carboxylic acid groups (broad SMARTS) is 1. The monoisotopic (exact) mass is 295 g/mol. The molecular weight excluding hydrogens is 278 g/mol. The van der Waals surface area contributed by atoms with Gasteiger partial charge < -0.3 is 19.9 Å². The number of nitrogens with one attached hydrogen (secondary N) is 1. The van der Waals surface area contributed by atoms with Gasteiger partial charge in [0.2, 0.25) is 5.91 Å². The number of benzene rings is 1. The maximum absolute atomic E-state index is 11.5. The summed E-state index contributed by atoms with van der Waals surface area (Å²) in [4.78, 5) is 32.8. The van der Waals surface area contributed by atoms with Gasteiger partial charge in [-0.1, -0.05) is 0 Å². The molecule has 0 spiro atoms. The van der Waals surface area contributed by atoms with Gasteiger partial charge in [0.15, 0.2) is 6.61 Å². The van der Waals surface area contributed by atoms with Gasteiger partial charge in [-0.15, -0.1) is 0 Å². The highest BCUT2D eigenvalue weighted by molar-refractivity contribution is 5.90. The van der Waals surface area contributed by atoms with Crippen LogP contribution in [0.4, 0.5) is 5.69 Å². The number of esters is 1. The number of anilines is 1. The molecule has 0 unspecified atom stereocenters. The summed E-state index contributed by atoms with van der Waals surface area (Å²) in [7, 11) is 1.27. The van der Waals surface area contributed by atoms with E-state index in [2.05, 4.69) is 10.1 Å². The zero-order valence-electron chi connectivity index (χ0n) is 11.6. The molecule has 0 heterocycles. The molecule has 0 aliphatic rings. The van der Waals surface area contributed by atoms with Crippen LogP contribution in [0.15, 0.2) is 24.3 Å². The lowest BCUT2D eigenvalue weighted by Crippen LogP contribution is -2.13. The molecule has 1 aromatic carbocycles. The van der Waals surface area contributed by atoms with Crippen LogP contribution in [-0.2, 0) is 19.1 Å². The average molecular weight is 295 g/mol. The lowest BCUT2D eigenvalue weighted by Gasteiger charge is -2.07. The first-order valence-corrected chi connectivity index (χ1v) is 6.32. The van der Waals surface area contributed by atoms with Crippen LogP contribution in [0, 0.1) is 0 Å². The molecule has 0 aliphatic carbocycles. The SMILES string of the molecule is COC(=O)COc1ccc(NC(=O)CCCC(=O)O)cc1. The largest absolute Gasteiger partial charge is 0.482 e. The Hall–Kier alpha value is -2.57. The van der Waals surface area contributed by atoms with Gasteiger partial charge in [-0.2, -0.15) is 0 Å². The third kappa shape index (κ3) is 6.95. The average Bonchev–Trinajstić information content (AvgIpc) is 2.45. The van der Waals surface area contributed by atoms with Crippen molar-refractivity contribution in [2.45, 2.75) is 19.3 Å². The van der Waals surface area contributed by atoms with E-state index in [0.29, 0.717) is 17.9 Å². The molecule has 114 valence electrons. The predicted molar refractivity (Wildman–Crippen MR) is 74.1 cm³/mol. The third-order valence-electron chi connectivity index (χ3n) is 2.52. The maximum Gasteiger partial charge on any atom is 0.343 e. The minimum Gasteiger partial charge on any atom is -0.482 e. The molecule has 0 atom stereocenters. The molecule has 1 aromatic rings. The van der Waals surface area contributed by atoms with Gasteiger partial charge >= 0.3 is 11.9 Å². The Morgan fingerprint density at radius 2 is 1.81 bits per heavy atom. The molecular formula is C14H17NO6. The van der Waals surface area contributed by atoms with Gasteiger partial charge in [0, 0.05) is 18.5 Å². The Labute approximate surface area is 121 Å². The van der Waals surface area contributed by atoms with Crippen LogP contribution in [0.2, 0.25) is 0 Å². The van der Waals surface area contributed by atoms with Crippen LogP contribution in [0.3, 0.4) is 0 Å². The second-order valence-electron chi connectivity index (χ2n) is 4.18. The highest BCUT2D eigenvalue weighted by atomic mass is 16.6. The molecule has 0 bridgehead atoms.